The molecule has 1 aromatic rings. The van der Waals surface area contributed by atoms with Crippen LogP contribution in [0.4, 0.5) is 4.39 Å². The summed E-state index contributed by atoms with van der Waals surface area (Å²) in [5, 5.41) is 0. The molecule has 2 nitrogen and oxygen atoms in total. The molecule has 0 aliphatic heterocycles. The van der Waals surface area contributed by atoms with Crippen molar-refractivity contribution in [2.24, 2.45) is 11.7 Å². The van der Waals surface area contributed by atoms with Crippen LogP contribution >= 0.6 is 0 Å². The van der Waals surface area contributed by atoms with E-state index < -0.39 is 0 Å². The van der Waals surface area contributed by atoms with Crippen molar-refractivity contribution in [2.75, 3.05) is 13.2 Å². The first kappa shape index (κ1) is 14.1. The van der Waals surface area contributed by atoms with Gasteiger partial charge in [0.1, 0.15) is 5.82 Å². The minimum absolute atomic E-state index is 0.184. The van der Waals surface area contributed by atoms with Gasteiger partial charge >= 0.3 is 0 Å². The molecule has 0 fully saturated rings. The molecule has 96 valence electrons. The summed E-state index contributed by atoms with van der Waals surface area (Å²) in [6.45, 7) is 5.36. The highest BCUT2D eigenvalue weighted by Crippen LogP contribution is 2.13. The Balaban J connectivity index is 2.41. The Hall–Kier alpha value is -0.930. The van der Waals surface area contributed by atoms with Crippen LogP contribution in [0.3, 0.4) is 0 Å². The number of ether oxygens (including phenoxy) is 1. The van der Waals surface area contributed by atoms with Gasteiger partial charge in [0.2, 0.25) is 0 Å². The monoisotopic (exact) mass is 239 g/mol. The van der Waals surface area contributed by atoms with E-state index in [0.29, 0.717) is 12.5 Å². The maximum absolute atomic E-state index is 13.0. The lowest BCUT2D eigenvalue weighted by Gasteiger charge is -2.16. The molecule has 0 aliphatic carbocycles. The number of hydrogen-bond donors (Lipinski definition) is 1. The van der Waals surface area contributed by atoms with E-state index in [9.17, 15) is 4.39 Å². The number of benzene rings is 1. The maximum Gasteiger partial charge on any atom is 0.123 e. The first-order valence-electron chi connectivity index (χ1n) is 6.18. The Morgan fingerprint density at radius 2 is 2.12 bits per heavy atom. The van der Waals surface area contributed by atoms with Crippen LogP contribution < -0.4 is 5.73 Å². The molecule has 1 aromatic carbocycles. The van der Waals surface area contributed by atoms with Crippen molar-refractivity contribution in [3.05, 3.63) is 35.6 Å². The molecule has 17 heavy (non-hydrogen) atoms. The molecule has 3 heteroatoms. The van der Waals surface area contributed by atoms with Crippen LogP contribution in [0.25, 0.3) is 0 Å². The molecule has 0 radical (unpaired) electrons. The molecule has 0 heterocycles. The van der Waals surface area contributed by atoms with E-state index in [1.807, 2.05) is 19.9 Å². The van der Waals surface area contributed by atoms with Crippen LogP contribution in [-0.2, 0) is 11.2 Å². The van der Waals surface area contributed by atoms with Crippen molar-refractivity contribution in [1.82, 2.24) is 0 Å². The van der Waals surface area contributed by atoms with E-state index >= 15 is 0 Å². The maximum atomic E-state index is 13.0. The smallest absolute Gasteiger partial charge is 0.123 e. The standard InChI is InChI=1S/C14H22FNO/c1-11(2)17-7-6-13(10-16)8-12-4-3-5-14(15)9-12/h3-5,9,11,13H,6-8,10,16H2,1-2H3. The van der Waals surface area contributed by atoms with Gasteiger partial charge in [0, 0.05) is 6.61 Å². The van der Waals surface area contributed by atoms with Gasteiger partial charge < -0.3 is 10.5 Å². The second-order valence-corrected chi connectivity index (χ2v) is 4.64. The average Bonchev–Trinajstić information content (AvgIpc) is 2.27. The fraction of sp³-hybridized carbons (Fsp3) is 0.571. The van der Waals surface area contributed by atoms with E-state index in [-0.39, 0.29) is 11.9 Å². The number of hydrogen-bond acceptors (Lipinski definition) is 2. The quantitative estimate of drug-likeness (QED) is 0.794. The van der Waals surface area contributed by atoms with Gasteiger partial charge in [-0.3, -0.25) is 0 Å². The van der Waals surface area contributed by atoms with Gasteiger partial charge in [-0.2, -0.15) is 0 Å². The molecule has 0 amide bonds. The summed E-state index contributed by atoms with van der Waals surface area (Å²) in [6, 6.07) is 6.71. The summed E-state index contributed by atoms with van der Waals surface area (Å²) >= 11 is 0. The highest BCUT2D eigenvalue weighted by Gasteiger charge is 2.09. The molecular weight excluding hydrogens is 217 g/mol. The van der Waals surface area contributed by atoms with E-state index in [1.54, 1.807) is 12.1 Å². The zero-order valence-electron chi connectivity index (χ0n) is 10.7. The Morgan fingerprint density at radius 3 is 2.71 bits per heavy atom. The lowest BCUT2D eigenvalue weighted by Crippen LogP contribution is -2.19. The fourth-order valence-electron chi connectivity index (χ4n) is 1.77. The lowest BCUT2D eigenvalue weighted by atomic mass is 9.96. The lowest BCUT2D eigenvalue weighted by molar-refractivity contribution is 0.0690. The van der Waals surface area contributed by atoms with Gasteiger partial charge in [0.15, 0.2) is 0 Å². The summed E-state index contributed by atoms with van der Waals surface area (Å²) in [5.74, 6) is 0.173. The van der Waals surface area contributed by atoms with E-state index in [2.05, 4.69) is 0 Å². The van der Waals surface area contributed by atoms with E-state index in [1.165, 1.54) is 6.07 Å². The van der Waals surface area contributed by atoms with Gasteiger partial charge in [-0.25, -0.2) is 4.39 Å². The molecule has 1 unspecified atom stereocenters. The first-order chi connectivity index (χ1) is 8.11. The van der Waals surface area contributed by atoms with Crippen molar-refractivity contribution < 1.29 is 9.13 Å². The average molecular weight is 239 g/mol. The molecule has 0 aromatic heterocycles. The summed E-state index contributed by atoms with van der Waals surface area (Å²) in [7, 11) is 0. The van der Waals surface area contributed by atoms with Gasteiger partial charge in [-0.15, -0.1) is 0 Å². The Bertz CT molecular complexity index is 328. The third-order valence-corrected chi connectivity index (χ3v) is 2.72. The normalized spacial score (nSPS) is 13.0. The predicted molar refractivity (Wildman–Crippen MR) is 68.4 cm³/mol. The summed E-state index contributed by atoms with van der Waals surface area (Å²) in [5.41, 5.74) is 6.73. The second kappa shape index (κ2) is 7.41. The van der Waals surface area contributed by atoms with Gasteiger partial charge in [-0.1, -0.05) is 12.1 Å². The van der Waals surface area contributed by atoms with Crippen molar-refractivity contribution in [1.29, 1.82) is 0 Å². The zero-order valence-corrected chi connectivity index (χ0v) is 10.7. The van der Waals surface area contributed by atoms with Crippen LogP contribution in [0.1, 0.15) is 25.8 Å². The van der Waals surface area contributed by atoms with Crippen LogP contribution in [0.2, 0.25) is 0 Å². The van der Waals surface area contributed by atoms with E-state index in [0.717, 1.165) is 25.0 Å². The van der Waals surface area contributed by atoms with E-state index in [4.69, 9.17) is 10.5 Å². The van der Waals surface area contributed by atoms with Gasteiger partial charge in [-0.05, 0) is 56.8 Å². The molecule has 1 rings (SSSR count). The third-order valence-electron chi connectivity index (χ3n) is 2.72. The zero-order chi connectivity index (χ0) is 12.7. The molecule has 0 aliphatic rings. The van der Waals surface area contributed by atoms with Crippen LogP contribution in [0, 0.1) is 11.7 Å². The van der Waals surface area contributed by atoms with Crippen LogP contribution in [0.5, 0.6) is 0 Å². The van der Waals surface area contributed by atoms with Gasteiger partial charge in [0.05, 0.1) is 6.10 Å². The summed E-state index contributed by atoms with van der Waals surface area (Å²) in [6.07, 6.45) is 1.99. The molecule has 0 saturated heterocycles. The Labute approximate surface area is 103 Å². The molecule has 2 N–H and O–H groups in total. The highest BCUT2D eigenvalue weighted by molar-refractivity contribution is 5.16. The van der Waals surface area contributed by atoms with Crippen molar-refractivity contribution in [3.8, 4) is 0 Å². The van der Waals surface area contributed by atoms with Crippen LogP contribution in [0.15, 0.2) is 24.3 Å². The first-order valence-corrected chi connectivity index (χ1v) is 6.18. The SMILES string of the molecule is CC(C)OCCC(CN)Cc1cccc(F)c1. The number of nitrogens with two attached hydrogens (primary N) is 1. The number of rotatable bonds is 7. The third kappa shape index (κ3) is 5.80. The minimum atomic E-state index is -0.184. The Morgan fingerprint density at radius 1 is 1.35 bits per heavy atom. The molecular formula is C14H22FNO. The van der Waals surface area contributed by atoms with Gasteiger partial charge in [0.25, 0.3) is 0 Å². The van der Waals surface area contributed by atoms with Crippen molar-refractivity contribution >= 4 is 0 Å². The largest absolute Gasteiger partial charge is 0.379 e. The summed E-state index contributed by atoms with van der Waals surface area (Å²) < 4.78 is 18.5. The summed E-state index contributed by atoms with van der Waals surface area (Å²) in [4.78, 5) is 0. The Kier molecular flexibility index (Phi) is 6.16. The predicted octanol–water partition coefficient (Wildman–Crippen LogP) is 2.76. The fourth-order valence-corrected chi connectivity index (χ4v) is 1.77. The molecule has 1 atom stereocenters. The molecule has 0 bridgehead atoms. The number of halogens is 1. The molecule has 0 spiro atoms. The molecule has 0 saturated carbocycles. The topological polar surface area (TPSA) is 35.2 Å². The minimum Gasteiger partial charge on any atom is -0.379 e. The highest BCUT2D eigenvalue weighted by atomic mass is 19.1. The van der Waals surface area contributed by atoms with Crippen LogP contribution in [-0.4, -0.2) is 19.3 Å². The van der Waals surface area contributed by atoms with Crippen molar-refractivity contribution in [3.63, 3.8) is 0 Å². The van der Waals surface area contributed by atoms with Crippen molar-refractivity contribution in [2.45, 2.75) is 32.8 Å². The second-order valence-electron chi connectivity index (χ2n) is 4.64.